The number of benzene rings is 2. The number of carbonyl (C=O) groups excluding carboxylic acids is 1. The zero-order valence-electron chi connectivity index (χ0n) is 14.9. The normalized spacial score (nSPS) is 10.2. The molecule has 0 amide bonds. The summed E-state index contributed by atoms with van der Waals surface area (Å²) >= 11 is 0. The summed E-state index contributed by atoms with van der Waals surface area (Å²) in [4.78, 5) is 12.6. The minimum absolute atomic E-state index is 0.324. The third-order valence-corrected chi connectivity index (χ3v) is 3.97. The molecule has 0 aromatic heterocycles. The first kappa shape index (κ1) is 17.7. The maximum Gasteiger partial charge on any atom is 0.343 e. The highest BCUT2D eigenvalue weighted by molar-refractivity contribution is 5.93. The molecule has 0 heterocycles. The van der Waals surface area contributed by atoms with Gasteiger partial charge in [0.2, 0.25) is 5.75 Å². The number of carbonyl (C=O) groups is 1. The standard InChI is InChI=1S/C19H22O5/c1-11-7-8-12(2)17(13(11)3)24-19(20)14-9-15(21-4)18(23-6)16(10-14)22-5/h7-10H,1-6H3. The van der Waals surface area contributed by atoms with Crippen molar-refractivity contribution in [3.8, 4) is 23.0 Å². The first-order valence-electron chi connectivity index (χ1n) is 7.51. The molecule has 128 valence electrons. The average molecular weight is 330 g/mol. The molecule has 0 saturated heterocycles. The van der Waals surface area contributed by atoms with Gasteiger partial charge in [-0.25, -0.2) is 4.79 Å². The van der Waals surface area contributed by atoms with Gasteiger partial charge in [-0.3, -0.25) is 0 Å². The third-order valence-electron chi connectivity index (χ3n) is 3.97. The Morgan fingerprint density at radius 1 is 0.792 bits per heavy atom. The number of hydrogen-bond donors (Lipinski definition) is 0. The summed E-state index contributed by atoms with van der Waals surface area (Å²) in [6.07, 6.45) is 0. The van der Waals surface area contributed by atoms with Gasteiger partial charge < -0.3 is 18.9 Å². The van der Waals surface area contributed by atoms with Crippen LogP contribution in [0.25, 0.3) is 0 Å². The molecule has 0 aliphatic heterocycles. The highest BCUT2D eigenvalue weighted by Crippen LogP contribution is 2.38. The summed E-state index contributed by atoms with van der Waals surface area (Å²) < 4.78 is 21.4. The zero-order valence-corrected chi connectivity index (χ0v) is 14.9. The molecule has 0 aliphatic rings. The lowest BCUT2D eigenvalue weighted by atomic mass is 10.1. The fraction of sp³-hybridized carbons (Fsp3) is 0.316. The molecule has 24 heavy (non-hydrogen) atoms. The summed E-state index contributed by atoms with van der Waals surface area (Å²) in [7, 11) is 4.51. The van der Waals surface area contributed by atoms with Gasteiger partial charge in [0, 0.05) is 0 Å². The van der Waals surface area contributed by atoms with Gasteiger partial charge in [-0.1, -0.05) is 12.1 Å². The quantitative estimate of drug-likeness (QED) is 0.615. The fourth-order valence-electron chi connectivity index (χ4n) is 2.43. The Kier molecular flexibility index (Phi) is 5.34. The predicted molar refractivity (Wildman–Crippen MR) is 91.7 cm³/mol. The molecule has 0 saturated carbocycles. The van der Waals surface area contributed by atoms with Gasteiger partial charge in [0.1, 0.15) is 5.75 Å². The smallest absolute Gasteiger partial charge is 0.343 e. The number of aryl methyl sites for hydroxylation is 2. The Morgan fingerprint density at radius 3 is 1.83 bits per heavy atom. The van der Waals surface area contributed by atoms with Crippen molar-refractivity contribution in [2.24, 2.45) is 0 Å². The number of esters is 1. The topological polar surface area (TPSA) is 54.0 Å². The van der Waals surface area contributed by atoms with Gasteiger partial charge in [0.15, 0.2) is 11.5 Å². The third kappa shape index (κ3) is 3.30. The molecule has 0 unspecified atom stereocenters. The largest absolute Gasteiger partial charge is 0.493 e. The second kappa shape index (κ2) is 7.25. The maximum atomic E-state index is 12.6. The van der Waals surface area contributed by atoms with E-state index in [0.29, 0.717) is 28.6 Å². The van der Waals surface area contributed by atoms with E-state index in [2.05, 4.69) is 0 Å². The molecule has 2 rings (SSSR count). The van der Waals surface area contributed by atoms with Crippen LogP contribution in [0.1, 0.15) is 27.0 Å². The Bertz CT molecular complexity index is 740. The van der Waals surface area contributed by atoms with Gasteiger partial charge in [0.25, 0.3) is 0 Å². The van der Waals surface area contributed by atoms with Crippen molar-refractivity contribution in [2.75, 3.05) is 21.3 Å². The van der Waals surface area contributed by atoms with Crippen LogP contribution in [0.3, 0.4) is 0 Å². The van der Waals surface area contributed by atoms with Crippen LogP contribution in [0.2, 0.25) is 0 Å². The summed E-state index contributed by atoms with van der Waals surface area (Å²) in [5.74, 6) is 1.34. The van der Waals surface area contributed by atoms with Crippen molar-refractivity contribution in [3.05, 3.63) is 46.5 Å². The van der Waals surface area contributed by atoms with Crippen molar-refractivity contribution in [2.45, 2.75) is 20.8 Å². The first-order chi connectivity index (χ1) is 11.4. The fourth-order valence-corrected chi connectivity index (χ4v) is 2.43. The van der Waals surface area contributed by atoms with Crippen molar-refractivity contribution >= 4 is 5.97 Å². The minimum atomic E-state index is -0.481. The number of ether oxygens (including phenoxy) is 4. The van der Waals surface area contributed by atoms with Crippen LogP contribution in [0, 0.1) is 20.8 Å². The van der Waals surface area contributed by atoms with Crippen LogP contribution in [-0.4, -0.2) is 27.3 Å². The van der Waals surface area contributed by atoms with E-state index in [1.165, 1.54) is 21.3 Å². The van der Waals surface area contributed by atoms with Gasteiger partial charge in [-0.05, 0) is 49.6 Å². The van der Waals surface area contributed by atoms with E-state index in [4.69, 9.17) is 18.9 Å². The highest BCUT2D eigenvalue weighted by Gasteiger charge is 2.19. The second-order valence-corrected chi connectivity index (χ2v) is 5.46. The summed E-state index contributed by atoms with van der Waals surface area (Å²) in [5, 5.41) is 0. The maximum absolute atomic E-state index is 12.6. The SMILES string of the molecule is COc1cc(C(=O)Oc2c(C)ccc(C)c2C)cc(OC)c1OC. The van der Waals surface area contributed by atoms with Crippen LogP contribution < -0.4 is 18.9 Å². The van der Waals surface area contributed by atoms with Gasteiger partial charge in [-0.2, -0.15) is 0 Å². The van der Waals surface area contributed by atoms with Gasteiger partial charge in [-0.15, -0.1) is 0 Å². The average Bonchev–Trinajstić information content (AvgIpc) is 2.60. The van der Waals surface area contributed by atoms with Crippen LogP contribution >= 0.6 is 0 Å². The Morgan fingerprint density at radius 2 is 1.33 bits per heavy atom. The monoisotopic (exact) mass is 330 g/mol. The molecular formula is C19H22O5. The molecule has 5 nitrogen and oxygen atoms in total. The highest BCUT2D eigenvalue weighted by atomic mass is 16.5. The van der Waals surface area contributed by atoms with E-state index >= 15 is 0 Å². The van der Waals surface area contributed by atoms with E-state index in [0.717, 1.165) is 16.7 Å². The molecule has 0 spiro atoms. The van der Waals surface area contributed by atoms with Crippen LogP contribution in [-0.2, 0) is 0 Å². The number of methoxy groups -OCH3 is 3. The molecule has 0 atom stereocenters. The van der Waals surface area contributed by atoms with Crippen molar-refractivity contribution in [3.63, 3.8) is 0 Å². The van der Waals surface area contributed by atoms with Crippen molar-refractivity contribution < 1.29 is 23.7 Å². The van der Waals surface area contributed by atoms with E-state index in [-0.39, 0.29) is 0 Å². The Labute approximate surface area is 142 Å². The van der Waals surface area contributed by atoms with E-state index < -0.39 is 5.97 Å². The van der Waals surface area contributed by atoms with Crippen molar-refractivity contribution in [1.82, 2.24) is 0 Å². The van der Waals surface area contributed by atoms with Crippen molar-refractivity contribution in [1.29, 1.82) is 0 Å². The van der Waals surface area contributed by atoms with Gasteiger partial charge >= 0.3 is 5.97 Å². The molecular weight excluding hydrogens is 308 g/mol. The number of rotatable bonds is 5. The summed E-state index contributed by atoms with van der Waals surface area (Å²) in [6.45, 7) is 5.82. The molecule has 0 N–H and O–H groups in total. The number of hydrogen-bond acceptors (Lipinski definition) is 5. The molecule has 5 heteroatoms. The van der Waals surface area contributed by atoms with Gasteiger partial charge in [0.05, 0.1) is 26.9 Å². The summed E-state index contributed by atoms with van der Waals surface area (Å²) in [6, 6.07) is 7.08. The molecule has 0 bridgehead atoms. The van der Waals surface area contributed by atoms with Crippen LogP contribution in [0.15, 0.2) is 24.3 Å². The zero-order chi connectivity index (χ0) is 17.9. The molecule has 2 aromatic carbocycles. The van der Waals surface area contributed by atoms with Crippen LogP contribution in [0.4, 0.5) is 0 Å². The lowest BCUT2D eigenvalue weighted by Gasteiger charge is -2.15. The minimum Gasteiger partial charge on any atom is -0.493 e. The lowest BCUT2D eigenvalue weighted by Crippen LogP contribution is -2.11. The van der Waals surface area contributed by atoms with E-state index in [1.54, 1.807) is 12.1 Å². The molecule has 0 aliphatic carbocycles. The lowest BCUT2D eigenvalue weighted by molar-refractivity contribution is 0.0731. The molecule has 2 aromatic rings. The van der Waals surface area contributed by atoms with Crippen LogP contribution in [0.5, 0.6) is 23.0 Å². The second-order valence-electron chi connectivity index (χ2n) is 5.46. The summed E-state index contributed by atoms with van der Waals surface area (Å²) in [5.41, 5.74) is 3.23. The molecule has 0 radical (unpaired) electrons. The first-order valence-corrected chi connectivity index (χ1v) is 7.51. The predicted octanol–water partition coefficient (Wildman–Crippen LogP) is 3.86. The van der Waals surface area contributed by atoms with E-state index in [1.807, 2.05) is 32.9 Å². The Hall–Kier alpha value is -2.69. The van der Waals surface area contributed by atoms with E-state index in [9.17, 15) is 4.79 Å². The molecule has 0 fully saturated rings. The Balaban J connectivity index is 2.42.